The number of nitriles is 1. The molecule has 0 saturated carbocycles. The fourth-order valence-corrected chi connectivity index (χ4v) is 2.85. The van der Waals surface area contributed by atoms with E-state index in [2.05, 4.69) is 21.5 Å². The van der Waals surface area contributed by atoms with Crippen molar-refractivity contribution < 1.29 is 9.47 Å². The number of anilines is 2. The van der Waals surface area contributed by atoms with Gasteiger partial charge in [-0.25, -0.2) is 0 Å². The Morgan fingerprint density at radius 1 is 1.40 bits per heavy atom. The molecule has 4 rings (SSSR count). The van der Waals surface area contributed by atoms with E-state index in [1.807, 2.05) is 13.0 Å². The lowest BCUT2D eigenvalue weighted by molar-refractivity contribution is 0.174. The second-order valence-electron chi connectivity index (χ2n) is 5.76. The fraction of sp³-hybridized carbons (Fsp3) is 0.235. The molecule has 0 amide bonds. The second kappa shape index (κ2) is 5.87. The Bertz CT molecular complexity index is 1050. The van der Waals surface area contributed by atoms with Crippen molar-refractivity contribution in [3.05, 3.63) is 40.8 Å². The van der Waals surface area contributed by atoms with E-state index in [9.17, 15) is 4.79 Å². The van der Waals surface area contributed by atoms with Crippen LogP contribution in [0.25, 0.3) is 10.9 Å². The summed E-state index contributed by atoms with van der Waals surface area (Å²) in [6, 6.07) is 9.18. The zero-order chi connectivity index (χ0) is 17.4. The molecule has 0 aliphatic carbocycles. The minimum Gasteiger partial charge on any atom is -0.454 e. The molecule has 2 aromatic heterocycles. The molecule has 2 N–H and O–H groups in total. The van der Waals surface area contributed by atoms with E-state index >= 15 is 0 Å². The standard InChI is InChI=1S/C17H15N5O3/c1-10(4-6-18)22-12-5-7-19-17(23)15(12)16(21-22)20-11-2-3-13-14(8-11)25-9-24-13/h2-3,5,7-8,10H,4,9H2,1H3,(H,19,23)(H,20,21)/t10-/m0/s1. The number of nitrogens with one attached hydrogen (secondary N) is 2. The molecule has 0 unspecified atom stereocenters. The Hall–Kier alpha value is -3.47. The predicted molar refractivity (Wildman–Crippen MR) is 91.1 cm³/mol. The number of hydrogen-bond acceptors (Lipinski definition) is 6. The van der Waals surface area contributed by atoms with Crippen molar-refractivity contribution in [3.63, 3.8) is 0 Å². The summed E-state index contributed by atoms with van der Waals surface area (Å²) in [4.78, 5) is 15.0. The molecular weight excluding hydrogens is 322 g/mol. The van der Waals surface area contributed by atoms with Crippen LogP contribution in [0.3, 0.4) is 0 Å². The first kappa shape index (κ1) is 15.1. The van der Waals surface area contributed by atoms with Gasteiger partial charge in [-0.3, -0.25) is 9.48 Å². The minimum absolute atomic E-state index is 0.151. The van der Waals surface area contributed by atoms with Gasteiger partial charge < -0.3 is 19.8 Å². The summed E-state index contributed by atoms with van der Waals surface area (Å²) < 4.78 is 12.4. The molecule has 126 valence electrons. The Morgan fingerprint density at radius 3 is 3.08 bits per heavy atom. The molecule has 1 atom stereocenters. The number of ether oxygens (including phenoxy) is 2. The molecule has 8 heteroatoms. The first-order valence-electron chi connectivity index (χ1n) is 7.81. The number of hydrogen-bond donors (Lipinski definition) is 2. The summed E-state index contributed by atoms with van der Waals surface area (Å²) in [5.74, 6) is 1.75. The normalized spacial score (nSPS) is 13.6. The van der Waals surface area contributed by atoms with Crippen molar-refractivity contribution in [1.82, 2.24) is 14.8 Å². The molecule has 3 heterocycles. The molecule has 0 saturated heterocycles. The third-order valence-electron chi connectivity index (χ3n) is 4.07. The summed E-state index contributed by atoms with van der Waals surface area (Å²) >= 11 is 0. The molecule has 1 aromatic carbocycles. The van der Waals surface area contributed by atoms with Crippen molar-refractivity contribution in [3.8, 4) is 17.6 Å². The third kappa shape index (κ3) is 2.55. The van der Waals surface area contributed by atoms with Gasteiger partial charge in [-0.05, 0) is 25.1 Å². The lowest BCUT2D eigenvalue weighted by atomic mass is 10.2. The molecule has 0 bridgehead atoms. The van der Waals surface area contributed by atoms with Crippen molar-refractivity contribution >= 4 is 22.4 Å². The number of benzene rings is 1. The number of H-pyrrole nitrogens is 1. The van der Waals surface area contributed by atoms with Crippen LogP contribution in [0.15, 0.2) is 35.3 Å². The molecule has 1 aliphatic rings. The fourth-order valence-electron chi connectivity index (χ4n) is 2.85. The van der Waals surface area contributed by atoms with Crippen LogP contribution in [0.4, 0.5) is 11.5 Å². The van der Waals surface area contributed by atoms with E-state index in [-0.39, 0.29) is 18.4 Å². The van der Waals surface area contributed by atoms with Crippen molar-refractivity contribution in [2.75, 3.05) is 12.1 Å². The Balaban J connectivity index is 1.79. The van der Waals surface area contributed by atoms with E-state index in [1.54, 1.807) is 29.1 Å². The number of nitrogens with zero attached hydrogens (tertiary/aromatic N) is 3. The number of fused-ring (bicyclic) bond motifs is 2. The van der Waals surface area contributed by atoms with Gasteiger partial charge >= 0.3 is 0 Å². The van der Waals surface area contributed by atoms with Gasteiger partial charge in [-0.1, -0.05) is 0 Å². The number of aromatic amines is 1. The van der Waals surface area contributed by atoms with Gasteiger partial charge in [0.2, 0.25) is 6.79 Å². The van der Waals surface area contributed by atoms with Gasteiger partial charge in [-0.15, -0.1) is 0 Å². The van der Waals surface area contributed by atoms with Crippen LogP contribution in [-0.2, 0) is 0 Å². The highest BCUT2D eigenvalue weighted by Crippen LogP contribution is 2.35. The van der Waals surface area contributed by atoms with Gasteiger partial charge in [0.25, 0.3) is 5.56 Å². The van der Waals surface area contributed by atoms with E-state index in [1.165, 1.54) is 0 Å². The van der Waals surface area contributed by atoms with Gasteiger partial charge in [0.05, 0.1) is 24.0 Å². The maximum Gasteiger partial charge on any atom is 0.261 e. The van der Waals surface area contributed by atoms with Crippen LogP contribution in [0.5, 0.6) is 11.5 Å². The highest BCUT2D eigenvalue weighted by molar-refractivity contribution is 5.91. The summed E-state index contributed by atoms with van der Waals surface area (Å²) in [5, 5.41) is 17.1. The molecule has 0 radical (unpaired) electrons. The van der Waals surface area contributed by atoms with E-state index in [0.717, 1.165) is 5.69 Å². The summed E-state index contributed by atoms with van der Waals surface area (Å²) in [7, 11) is 0. The topological polar surface area (TPSA) is 105 Å². The van der Waals surface area contributed by atoms with Crippen molar-refractivity contribution in [2.45, 2.75) is 19.4 Å². The third-order valence-corrected chi connectivity index (χ3v) is 4.07. The highest BCUT2D eigenvalue weighted by Gasteiger charge is 2.19. The summed E-state index contributed by atoms with van der Waals surface area (Å²) in [6.45, 7) is 2.09. The molecule has 0 spiro atoms. The van der Waals surface area contributed by atoms with Crippen LogP contribution >= 0.6 is 0 Å². The molecule has 3 aromatic rings. The quantitative estimate of drug-likeness (QED) is 0.758. The lowest BCUT2D eigenvalue weighted by Crippen LogP contribution is -2.08. The summed E-state index contributed by atoms with van der Waals surface area (Å²) in [6.07, 6.45) is 1.87. The Labute approximate surface area is 142 Å². The first-order valence-corrected chi connectivity index (χ1v) is 7.81. The second-order valence-corrected chi connectivity index (χ2v) is 5.76. The van der Waals surface area contributed by atoms with E-state index in [0.29, 0.717) is 34.6 Å². The van der Waals surface area contributed by atoms with Crippen LogP contribution < -0.4 is 20.3 Å². The number of pyridine rings is 1. The van der Waals surface area contributed by atoms with Crippen molar-refractivity contribution in [2.24, 2.45) is 0 Å². The van der Waals surface area contributed by atoms with Gasteiger partial charge in [0.1, 0.15) is 5.39 Å². The lowest BCUT2D eigenvalue weighted by Gasteiger charge is -2.09. The predicted octanol–water partition coefficient (Wildman–Crippen LogP) is 2.67. The molecule has 0 fully saturated rings. The zero-order valence-electron chi connectivity index (χ0n) is 13.4. The molecular formula is C17H15N5O3. The Kier molecular flexibility index (Phi) is 3.54. The van der Waals surface area contributed by atoms with Crippen LogP contribution in [0.2, 0.25) is 0 Å². The summed E-state index contributed by atoms with van der Waals surface area (Å²) in [5.41, 5.74) is 1.16. The monoisotopic (exact) mass is 337 g/mol. The van der Waals surface area contributed by atoms with Crippen LogP contribution in [0, 0.1) is 11.3 Å². The average molecular weight is 337 g/mol. The van der Waals surface area contributed by atoms with Gasteiger partial charge in [0.15, 0.2) is 17.3 Å². The molecule has 25 heavy (non-hydrogen) atoms. The first-order chi connectivity index (χ1) is 12.2. The smallest absolute Gasteiger partial charge is 0.261 e. The van der Waals surface area contributed by atoms with Crippen LogP contribution in [0.1, 0.15) is 19.4 Å². The minimum atomic E-state index is -0.240. The van der Waals surface area contributed by atoms with Gasteiger partial charge in [0, 0.05) is 18.0 Å². The number of rotatable bonds is 4. The SMILES string of the molecule is C[C@@H](CC#N)n1nc(Nc2ccc3c(c2)OCO3)c2c(=O)[nH]ccc21. The van der Waals surface area contributed by atoms with Crippen molar-refractivity contribution in [1.29, 1.82) is 5.26 Å². The highest BCUT2D eigenvalue weighted by atomic mass is 16.7. The molecule has 8 nitrogen and oxygen atoms in total. The number of aromatic nitrogens is 3. The average Bonchev–Trinajstić information content (AvgIpc) is 3.20. The van der Waals surface area contributed by atoms with Crippen LogP contribution in [-0.4, -0.2) is 21.6 Å². The van der Waals surface area contributed by atoms with Gasteiger partial charge in [-0.2, -0.15) is 10.4 Å². The maximum atomic E-state index is 12.3. The Morgan fingerprint density at radius 2 is 2.24 bits per heavy atom. The zero-order valence-corrected chi connectivity index (χ0v) is 13.4. The largest absolute Gasteiger partial charge is 0.454 e. The maximum absolute atomic E-state index is 12.3. The molecule has 1 aliphatic heterocycles. The van der Waals surface area contributed by atoms with E-state index < -0.39 is 0 Å². The van der Waals surface area contributed by atoms with E-state index in [4.69, 9.17) is 14.7 Å².